The molecule has 0 aliphatic heterocycles. The van der Waals surface area contributed by atoms with E-state index in [4.69, 9.17) is 5.10 Å². The Hall–Kier alpha value is -1.75. The minimum atomic E-state index is 0.128. The maximum atomic E-state index is 4.76. The van der Waals surface area contributed by atoms with Crippen molar-refractivity contribution in [2.45, 2.75) is 51.1 Å². The van der Waals surface area contributed by atoms with Gasteiger partial charge in [0.25, 0.3) is 0 Å². The molecule has 5 heteroatoms. The number of rotatable bonds is 6. The Morgan fingerprint density at radius 2 is 2.05 bits per heavy atom. The Bertz CT molecular complexity index is 545. The van der Waals surface area contributed by atoms with Gasteiger partial charge in [-0.05, 0) is 31.5 Å². The van der Waals surface area contributed by atoms with Crippen LogP contribution in [0, 0.1) is 0 Å². The van der Waals surface area contributed by atoms with Crippen molar-refractivity contribution >= 4 is 0 Å². The molecule has 2 heterocycles. The van der Waals surface area contributed by atoms with E-state index in [0.29, 0.717) is 6.04 Å². The number of nitrogens with one attached hydrogen (secondary N) is 1. The van der Waals surface area contributed by atoms with Crippen LogP contribution in [-0.4, -0.2) is 26.3 Å². The molecule has 1 fully saturated rings. The molecule has 1 saturated carbocycles. The van der Waals surface area contributed by atoms with Gasteiger partial charge < -0.3 is 5.32 Å². The molecule has 0 saturated heterocycles. The van der Waals surface area contributed by atoms with Crippen LogP contribution < -0.4 is 5.32 Å². The van der Waals surface area contributed by atoms with Crippen LogP contribution in [-0.2, 0) is 6.42 Å². The van der Waals surface area contributed by atoms with Crippen LogP contribution in [0.25, 0.3) is 0 Å². The molecule has 1 aliphatic carbocycles. The fourth-order valence-electron chi connectivity index (χ4n) is 3.06. The largest absolute Gasteiger partial charge is 0.307 e. The van der Waals surface area contributed by atoms with Gasteiger partial charge in [0.1, 0.15) is 5.82 Å². The molecule has 2 aromatic rings. The molecule has 0 radical (unpaired) electrons. The monoisotopic (exact) mass is 285 g/mol. The molecule has 0 amide bonds. The summed E-state index contributed by atoms with van der Waals surface area (Å²) in [5.41, 5.74) is 1.11. The van der Waals surface area contributed by atoms with E-state index in [1.54, 1.807) is 12.4 Å². The Kier molecular flexibility index (Phi) is 4.60. The van der Waals surface area contributed by atoms with Crippen molar-refractivity contribution < 1.29 is 0 Å². The lowest BCUT2D eigenvalue weighted by molar-refractivity contribution is 0.455. The lowest BCUT2D eigenvalue weighted by atomic mass is 10.1. The van der Waals surface area contributed by atoms with Crippen LogP contribution in [0.3, 0.4) is 0 Å². The number of nitrogens with zero attached hydrogens (tertiary/aromatic N) is 4. The van der Waals surface area contributed by atoms with Gasteiger partial charge in [-0.25, -0.2) is 9.97 Å². The van der Waals surface area contributed by atoms with E-state index < -0.39 is 0 Å². The summed E-state index contributed by atoms with van der Waals surface area (Å²) in [5, 5.41) is 8.21. The molecule has 1 N–H and O–H groups in total. The van der Waals surface area contributed by atoms with Crippen LogP contribution in [0.5, 0.6) is 0 Å². The van der Waals surface area contributed by atoms with Gasteiger partial charge in [0.2, 0.25) is 0 Å². The third-order valence-corrected chi connectivity index (χ3v) is 4.12. The van der Waals surface area contributed by atoms with Gasteiger partial charge in [0.05, 0.1) is 17.8 Å². The Morgan fingerprint density at radius 3 is 2.76 bits per heavy atom. The topological polar surface area (TPSA) is 55.6 Å². The van der Waals surface area contributed by atoms with Crippen molar-refractivity contribution in [3.05, 3.63) is 42.2 Å². The summed E-state index contributed by atoms with van der Waals surface area (Å²) < 4.78 is 2.15. The van der Waals surface area contributed by atoms with Crippen molar-refractivity contribution in [1.29, 1.82) is 0 Å². The first-order chi connectivity index (χ1) is 10.4. The number of hydrogen-bond donors (Lipinski definition) is 1. The van der Waals surface area contributed by atoms with Crippen molar-refractivity contribution in [2.75, 3.05) is 6.54 Å². The van der Waals surface area contributed by atoms with Crippen LogP contribution in [0.2, 0.25) is 0 Å². The highest BCUT2D eigenvalue weighted by Gasteiger charge is 2.19. The zero-order valence-corrected chi connectivity index (χ0v) is 12.6. The molecule has 3 rings (SSSR count). The third-order valence-electron chi connectivity index (χ3n) is 4.12. The lowest BCUT2D eigenvalue weighted by Crippen LogP contribution is -2.25. The minimum absolute atomic E-state index is 0.128. The molecule has 1 aliphatic rings. The van der Waals surface area contributed by atoms with Gasteiger partial charge in [-0.3, -0.25) is 4.68 Å². The summed E-state index contributed by atoms with van der Waals surface area (Å²) in [7, 11) is 0. The van der Waals surface area contributed by atoms with E-state index in [-0.39, 0.29) is 6.04 Å². The predicted octanol–water partition coefficient (Wildman–Crippen LogP) is 2.68. The Morgan fingerprint density at radius 1 is 1.29 bits per heavy atom. The SMILES string of the molecule is CCNC(Cc1ccn(C2CCCC2)n1)c1ncccn1. The minimum Gasteiger partial charge on any atom is -0.307 e. The maximum Gasteiger partial charge on any atom is 0.145 e. The summed E-state index contributed by atoms with van der Waals surface area (Å²) >= 11 is 0. The summed E-state index contributed by atoms with van der Waals surface area (Å²) in [5.74, 6) is 0.842. The molecule has 5 nitrogen and oxygen atoms in total. The second-order valence-corrected chi connectivity index (χ2v) is 5.65. The molecule has 0 aromatic carbocycles. The zero-order valence-electron chi connectivity index (χ0n) is 12.6. The average molecular weight is 285 g/mol. The van der Waals surface area contributed by atoms with Crippen molar-refractivity contribution in [3.63, 3.8) is 0 Å². The summed E-state index contributed by atoms with van der Waals surface area (Å²) in [6.45, 7) is 3.00. The van der Waals surface area contributed by atoms with E-state index in [9.17, 15) is 0 Å². The summed E-state index contributed by atoms with van der Waals surface area (Å²) in [6.07, 6.45) is 11.7. The first-order valence-electron chi connectivity index (χ1n) is 7.91. The van der Waals surface area contributed by atoms with Crippen LogP contribution in [0.1, 0.15) is 56.2 Å². The molecular weight excluding hydrogens is 262 g/mol. The predicted molar refractivity (Wildman–Crippen MR) is 81.9 cm³/mol. The highest BCUT2D eigenvalue weighted by molar-refractivity contribution is 5.07. The standard InChI is InChI=1S/C16H23N5/c1-2-17-15(16-18-9-5-10-19-16)12-13-8-11-21(20-13)14-6-3-4-7-14/h5,8-11,14-15,17H,2-4,6-7,12H2,1H3. The molecule has 0 spiro atoms. The van der Waals surface area contributed by atoms with E-state index in [2.05, 4.69) is 39.2 Å². The number of likely N-dealkylation sites (N-methyl/N-ethyl adjacent to an activating group) is 1. The first-order valence-corrected chi connectivity index (χ1v) is 7.91. The molecular formula is C16H23N5. The normalized spacial score (nSPS) is 17.2. The summed E-state index contributed by atoms with van der Waals surface area (Å²) in [4.78, 5) is 8.74. The zero-order chi connectivity index (χ0) is 14.5. The molecule has 0 bridgehead atoms. The van der Waals surface area contributed by atoms with E-state index >= 15 is 0 Å². The van der Waals surface area contributed by atoms with Gasteiger partial charge in [-0.2, -0.15) is 5.10 Å². The van der Waals surface area contributed by atoms with E-state index in [0.717, 1.165) is 24.5 Å². The fraction of sp³-hybridized carbons (Fsp3) is 0.562. The van der Waals surface area contributed by atoms with Crippen LogP contribution >= 0.6 is 0 Å². The van der Waals surface area contributed by atoms with Gasteiger partial charge in [0.15, 0.2) is 0 Å². The number of aromatic nitrogens is 4. The van der Waals surface area contributed by atoms with Gasteiger partial charge >= 0.3 is 0 Å². The highest BCUT2D eigenvalue weighted by atomic mass is 15.3. The maximum absolute atomic E-state index is 4.76. The molecule has 1 unspecified atom stereocenters. The van der Waals surface area contributed by atoms with Crippen LogP contribution in [0.4, 0.5) is 0 Å². The summed E-state index contributed by atoms with van der Waals surface area (Å²) in [6, 6.07) is 4.71. The van der Waals surface area contributed by atoms with Gasteiger partial charge in [0, 0.05) is 25.0 Å². The van der Waals surface area contributed by atoms with E-state index in [1.807, 2.05) is 6.07 Å². The average Bonchev–Trinajstić information content (AvgIpc) is 3.19. The molecule has 21 heavy (non-hydrogen) atoms. The third kappa shape index (κ3) is 3.47. The second-order valence-electron chi connectivity index (χ2n) is 5.65. The highest BCUT2D eigenvalue weighted by Crippen LogP contribution is 2.29. The molecule has 1 atom stereocenters. The fourth-order valence-corrected chi connectivity index (χ4v) is 3.06. The Balaban J connectivity index is 1.71. The van der Waals surface area contributed by atoms with Crippen molar-refractivity contribution in [3.8, 4) is 0 Å². The molecule has 112 valence electrons. The Labute approximate surface area is 125 Å². The quantitative estimate of drug-likeness (QED) is 0.886. The second kappa shape index (κ2) is 6.80. The van der Waals surface area contributed by atoms with Gasteiger partial charge in [-0.1, -0.05) is 19.8 Å². The first kappa shape index (κ1) is 14.2. The van der Waals surface area contributed by atoms with Crippen molar-refractivity contribution in [2.24, 2.45) is 0 Å². The van der Waals surface area contributed by atoms with Gasteiger partial charge in [-0.15, -0.1) is 0 Å². The van der Waals surface area contributed by atoms with Crippen LogP contribution in [0.15, 0.2) is 30.7 Å². The van der Waals surface area contributed by atoms with E-state index in [1.165, 1.54) is 25.7 Å². The lowest BCUT2D eigenvalue weighted by Gasteiger charge is -2.15. The van der Waals surface area contributed by atoms with Crippen molar-refractivity contribution in [1.82, 2.24) is 25.1 Å². The molecule has 2 aromatic heterocycles. The smallest absolute Gasteiger partial charge is 0.145 e. The number of hydrogen-bond acceptors (Lipinski definition) is 4.